The maximum Gasteiger partial charge on any atom is 0.240 e. The molecule has 0 heterocycles. The van der Waals surface area contributed by atoms with Crippen molar-refractivity contribution in [2.45, 2.75) is 36.8 Å². The van der Waals surface area contributed by atoms with Gasteiger partial charge >= 0.3 is 0 Å². The van der Waals surface area contributed by atoms with E-state index in [0.717, 1.165) is 11.1 Å². The first-order valence-electron chi connectivity index (χ1n) is 8.24. The summed E-state index contributed by atoms with van der Waals surface area (Å²) < 4.78 is 33.7. The Morgan fingerprint density at radius 2 is 1.76 bits per heavy atom. The monoisotopic (exact) mass is 359 g/mol. The van der Waals surface area contributed by atoms with Crippen molar-refractivity contribution in [1.29, 1.82) is 0 Å². The van der Waals surface area contributed by atoms with Crippen LogP contribution in [0.2, 0.25) is 0 Å². The SMILES string of the molecule is C=CC[C@H](C[C@@H](OC)c1ccccc1)NS(=O)(=O)c1ccc(C)cc1. The molecule has 4 nitrogen and oxygen atoms in total. The maximum absolute atomic E-state index is 12.6. The lowest BCUT2D eigenvalue weighted by molar-refractivity contribution is 0.0880. The molecule has 0 amide bonds. The summed E-state index contributed by atoms with van der Waals surface area (Å²) >= 11 is 0. The molecule has 2 aromatic rings. The number of hydrogen-bond donors (Lipinski definition) is 1. The van der Waals surface area contributed by atoms with Crippen molar-refractivity contribution in [3.8, 4) is 0 Å². The van der Waals surface area contributed by atoms with Crippen LogP contribution in [0.3, 0.4) is 0 Å². The molecule has 0 aromatic heterocycles. The van der Waals surface area contributed by atoms with Crippen LogP contribution in [0, 0.1) is 6.92 Å². The standard InChI is InChI=1S/C20H25NO3S/c1-4-8-18(15-20(24-3)17-9-6-5-7-10-17)21-25(22,23)19-13-11-16(2)12-14-19/h4-7,9-14,18,20-21H,1,8,15H2,2-3H3/t18-,20-/m1/s1. The predicted molar refractivity (Wildman–Crippen MR) is 101 cm³/mol. The number of hydrogen-bond acceptors (Lipinski definition) is 3. The highest BCUT2D eigenvalue weighted by Crippen LogP contribution is 2.24. The molecule has 0 saturated carbocycles. The molecule has 25 heavy (non-hydrogen) atoms. The van der Waals surface area contributed by atoms with Crippen molar-refractivity contribution < 1.29 is 13.2 Å². The maximum atomic E-state index is 12.6. The molecule has 0 aliphatic carbocycles. The van der Waals surface area contributed by atoms with E-state index < -0.39 is 10.0 Å². The quantitative estimate of drug-likeness (QED) is 0.689. The summed E-state index contributed by atoms with van der Waals surface area (Å²) in [5.74, 6) is 0. The number of sulfonamides is 1. The van der Waals surface area contributed by atoms with Crippen molar-refractivity contribution in [1.82, 2.24) is 4.72 Å². The van der Waals surface area contributed by atoms with Gasteiger partial charge in [0.25, 0.3) is 0 Å². The lowest BCUT2D eigenvalue weighted by atomic mass is 10.0. The van der Waals surface area contributed by atoms with Crippen LogP contribution in [0.25, 0.3) is 0 Å². The van der Waals surface area contributed by atoms with Crippen molar-refractivity contribution in [3.63, 3.8) is 0 Å². The van der Waals surface area contributed by atoms with Gasteiger partial charge in [0.1, 0.15) is 0 Å². The Kier molecular flexibility index (Phi) is 6.93. The van der Waals surface area contributed by atoms with Gasteiger partial charge in [0.15, 0.2) is 0 Å². The topological polar surface area (TPSA) is 55.4 Å². The summed E-state index contributed by atoms with van der Waals surface area (Å²) in [7, 11) is -1.95. The number of nitrogens with one attached hydrogen (secondary N) is 1. The van der Waals surface area contributed by atoms with E-state index in [0.29, 0.717) is 12.8 Å². The van der Waals surface area contributed by atoms with E-state index in [1.54, 1.807) is 37.5 Å². The average Bonchev–Trinajstić information content (AvgIpc) is 2.60. The zero-order valence-electron chi connectivity index (χ0n) is 14.7. The first-order chi connectivity index (χ1) is 12.0. The van der Waals surface area contributed by atoms with Crippen LogP contribution in [-0.4, -0.2) is 21.6 Å². The third kappa shape index (κ3) is 5.53. The Hall–Kier alpha value is -1.95. The second kappa shape index (κ2) is 8.94. The van der Waals surface area contributed by atoms with Crippen molar-refractivity contribution in [2.24, 2.45) is 0 Å². The fourth-order valence-corrected chi connectivity index (χ4v) is 3.95. The van der Waals surface area contributed by atoms with Crippen LogP contribution in [0.15, 0.2) is 72.1 Å². The molecular formula is C20H25NO3S. The van der Waals surface area contributed by atoms with E-state index in [-0.39, 0.29) is 17.0 Å². The Morgan fingerprint density at radius 1 is 1.12 bits per heavy atom. The van der Waals surface area contributed by atoms with Crippen LogP contribution in [0.1, 0.15) is 30.1 Å². The van der Waals surface area contributed by atoms with Crippen LogP contribution in [0.5, 0.6) is 0 Å². The molecule has 0 spiro atoms. The van der Waals surface area contributed by atoms with Crippen molar-refractivity contribution in [2.75, 3.05) is 7.11 Å². The van der Waals surface area contributed by atoms with E-state index >= 15 is 0 Å². The number of rotatable bonds is 9. The molecule has 5 heteroatoms. The van der Waals surface area contributed by atoms with E-state index in [9.17, 15) is 8.42 Å². The third-order valence-electron chi connectivity index (χ3n) is 4.06. The molecule has 2 atom stereocenters. The van der Waals surface area contributed by atoms with Crippen LogP contribution in [0.4, 0.5) is 0 Å². The summed E-state index contributed by atoms with van der Waals surface area (Å²) in [5.41, 5.74) is 2.04. The van der Waals surface area contributed by atoms with Gasteiger partial charge in [-0.25, -0.2) is 13.1 Å². The molecular weight excluding hydrogens is 334 g/mol. The molecule has 2 aromatic carbocycles. The minimum absolute atomic E-state index is 0.188. The van der Waals surface area contributed by atoms with E-state index in [1.807, 2.05) is 37.3 Å². The molecule has 0 radical (unpaired) electrons. The molecule has 0 aliphatic rings. The normalized spacial score (nSPS) is 14.0. The molecule has 0 bridgehead atoms. The van der Waals surface area contributed by atoms with Gasteiger partial charge in [-0.1, -0.05) is 54.1 Å². The molecule has 0 fully saturated rings. The van der Waals surface area contributed by atoms with Crippen LogP contribution >= 0.6 is 0 Å². The van der Waals surface area contributed by atoms with E-state index in [4.69, 9.17) is 4.74 Å². The van der Waals surface area contributed by atoms with E-state index in [2.05, 4.69) is 11.3 Å². The summed E-state index contributed by atoms with van der Waals surface area (Å²) in [6.07, 6.45) is 2.59. The second-order valence-corrected chi connectivity index (χ2v) is 7.74. The predicted octanol–water partition coefficient (Wildman–Crippen LogP) is 4.00. The highest BCUT2D eigenvalue weighted by atomic mass is 32.2. The summed E-state index contributed by atoms with van der Waals surface area (Å²) in [6.45, 7) is 5.67. The number of methoxy groups -OCH3 is 1. The smallest absolute Gasteiger partial charge is 0.240 e. The van der Waals surface area contributed by atoms with Gasteiger partial charge in [-0.15, -0.1) is 6.58 Å². The van der Waals surface area contributed by atoms with E-state index in [1.165, 1.54) is 0 Å². The number of aryl methyl sites for hydroxylation is 1. The highest BCUT2D eigenvalue weighted by Gasteiger charge is 2.23. The van der Waals surface area contributed by atoms with Crippen molar-refractivity contribution >= 4 is 10.0 Å². The zero-order chi connectivity index (χ0) is 18.3. The Bertz CT molecular complexity index is 770. The summed E-state index contributed by atoms with van der Waals surface area (Å²) in [6, 6.07) is 16.3. The highest BCUT2D eigenvalue weighted by molar-refractivity contribution is 7.89. The minimum Gasteiger partial charge on any atom is -0.377 e. The lowest BCUT2D eigenvalue weighted by Gasteiger charge is -2.23. The first-order valence-corrected chi connectivity index (χ1v) is 9.72. The Labute approximate surface area is 150 Å². The molecule has 2 rings (SSSR count). The molecule has 0 unspecified atom stereocenters. The number of ether oxygens (including phenoxy) is 1. The van der Waals surface area contributed by atoms with Gasteiger partial charge in [0.2, 0.25) is 10.0 Å². The molecule has 134 valence electrons. The van der Waals surface area contributed by atoms with Crippen molar-refractivity contribution in [3.05, 3.63) is 78.4 Å². The third-order valence-corrected chi connectivity index (χ3v) is 5.60. The summed E-state index contributed by atoms with van der Waals surface area (Å²) in [4.78, 5) is 0.265. The second-order valence-electron chi connectivity index (χ2n) is 6.03. The van der Waals surface area contributed by atoms with Gasteiger partial charge in [0, 0.05) is 13.2 Å². The Morgan fingerprint density at radius 3 is 2.32 bits per heavy atom. The van der Waals surface area contributed by atoms with Gasteiger partial charge in [-0.2, -0.15) is 0 Å². The zero-order valence-corrected chi connectivity index (χ0v) is 15.5. The fourth-order valence-electron chi connectivity index (χ4n) is 2.69. The van der Waals surface area contributed by atoms with Gasteiger partial charge < -0.3 is 4.74 Å². The largest absolute Gasteiger partial charge is 0.377 e. The lowest BCUT2D eigenvalue weighted by Crippen LogP contribution is -2.36. The van der Waals surface area contributed by atoms with Crippen LogP contribution < -0.4 is 4.72 Å². The first kappa shape index (κ1) is 19.4. The fraction of sp³-hybridized carbons (Fsp3) is 0.300. The number of benzene rings is 2. The molecule has 0 aliphatic heterocycles. The molecule has 0 saturated heterocycles. The molecule has 1 N–H and O–H groups in total. The minimum atomic E-state index is -3.59. The van der Waals surface area contributed by atoms with Gasteiger partial charge in [0.05, 0.1) is 11.0 Å². The average molecular weight is 359 g/mol. The van der Waals surface area contributed by atoms with Crippen LogP contribution in [-0.2, 0) is 14.8 Å². The van der Waals surface area contributed by atoms with Gasteiger partial charge in [-0.3, -0.25) is 0 Å². The summed E-state index contributed by atoms with van der Waals surface area (Å²) in [5, 5.41) is 0. The van der Waals surface area contributed by atoms with Gasteiger partial charge in [-0.05, 0) is 37.5 Å². The Balaban J connectivity index is 2.16.